The van der Waals surface area contributed by atoms with Gasteiger partial charge >= 0.3 is 5.97 Å². The molecule has 1 saturated heterocycles. The molecule has 1 amide bonds. The van der Waals surface area contributed by atoms with Crippen LogP contribution >= 0.6 is 0 Å². The number of likely N-dealkylation sites (tertiary alicyclic amines) is 1. The number of methoxy groups -OCH3 is 1. The zero-order valence-electron chi connectivity index (χ0n) is 72.2. The molecule has 0 saturated carbocycles. The summed E-state index contributed by atoms with van der Waals surface area (Å²) >= 11 is 0. The number of phenols is 21. The first kappa shape index (κ1) is 96.4. The summed E-state index contributed by atoms with van der Waals surface area (Å²) in [4.78, 5) is 75.1. The van der Waals surface area contributed by atoms with E-state index < -0.39 is 115 Å². The second-order valence-electron chi connectivity index (χ2n) is 30.9. The van der Waals surface area contributed by atoms with E-state index in [9.17, 15) is 151 Å². The van der Waals surface area contributed by atoms with Crippen molar-refractivity contribution in [2.75, 3.05) is 27.0 Å². The molecule has 140 heavy (non-hydrogen) atoms. The molecule has 3 aliphatic heterocycles. The van der Waals surface area contributed by atoms with Gasteiger partial charge in [0, 0.05) is 120 Å². The second-order valence-corrected chi connectivity index (χ2v) is 30.9. The second kappa shape index (κ2) is 40.4. The molecule has 24 N–H and O–H groups in total. The van der Waals surface area contributed by atoms with Crippen LogP contribution in [0.5, 0.6) is 161 Å². The smallest absolute Gasteiger partial charge is 0.338 e. The van der Waals surface area contributed by atoms with Crippen LogP contribution in [0, 0.1) is 0 Å². The fraction of sp³-hybridized carbons (Fsp3) is 0.100. The van der Waals surface area contributed by atoms with Gasteiger partial charge in [-0.1, -0.05) is 36.4 Å². The summed E-state index contributed by atoms with van der Waals surface area (Å²) in [6.07, 6.45) is 8.23. The van der Waals surface area contributed by atoms with Gasteiger partial charge in [-0.05, 0) is 134 Å². The highest BCUT2D eigenvalue weighted by Crippen LogP contribution is 2.49. The number of rotatable bonds is 11. The summed E-state index contributed by atoms with van der Waals surface area (Å²) in [7, 11) is 1.43. The van der Waals surface area contributed by atoms with Crippen LogP contribution < -0.4 is 40.7 Å². The van der Waals surface area contributed by atoms with Crippen LogP contribution in [0.2, 0.25) is 0 Å². The predicted molar refractivity (Wildman–Crippen MR) is 495 cm³/mol. The first-order valence-electron chi connectivity index (χ1n) is 41.3. The molecule has 1 fully saturated rings. The van der Waals surface area contributed by atoms with Crippen LogP contribution in [0.1, 0.15) is 52.4 Å². The molecule has 16 aromatic rings. The minimum absolute atomic E-state index is 0.0146. The fourth-order valence-corrected chi connectivity index (χ4v) is 14.7. The van der Waals surface area contributed by atoms with Gasteiger partial charge in [0.05, 0.1) is 18.2 Å². The van der Waals surface area contributed by atoms with Crippen molar-refractivity contribution in [2.24, 2.45) is 0 Å². The average molecular weight is 1920 g/mol. The van der Waals surface area contributed by atoms with Gasteiger partial charge in [-0.3, -0.25) is 24.0 Å². The van der Waals surface area contributed by atoms with E-state index in [0.717, 1.165) is 122 Å². The molecule has 4 aromatic heterocycles. The highest BCUT2D eigenvalue weighted by molar-refractivity contribution is 5.94. The number of piperidine rings is 1. The number of para-hydroxylation sites is 1. The number of nitrogens with zero attached hydrogens (tertiary/aromatic N) is 1. The number of ether oxygens (including phenoxy) is 5. The van der Waals surface area contributed by atoms with Gasteiger partial charge in [0.25, 0.3) is 0 Å². The molecule has 1 unspecified atom stereocenters. The van der Waals surface area contributed by atoms with Crippen molar-refractivity contribution in [3.8, 4) is 206 Å². The third-order valence-corrected chi connectivity index (χ3v) is 21.4. The van der Waals surface area contributed by atoms with Gasteiger partial charge < -0.3 is 169 Å². The number of aromatic hydroxyl groups is 24. The number of esters is 1. The standard InChI is InChI=1S/C22H18O11.C17H19NO3.C16H12O6.C15H10O7.2C15H10O6/c23-10-5-12(24)11-7-18(33-22(31)9-3-15(27)20(30)16(28)4-9)21(32-17(11)6-10)8-1-13(25)19(29)14(26)2-8;19-17(18-10-4-1-5-11-18)7-3-2-6-14-8-9-15-16(12-14)21-13-20-15;1-21-13-3-2-8(4-10(13)18)14-7-12(20)16-11(19)5-9(17)6-15(16)22-14;16-7-4-10(19)12-11(5-7)22-15(14(21)13(12)20)6-1-2-8(17)9(18)3-6;16-8-3-1-7(2-4-8)15-14(20)13(19)12-10(18)5-9(17)6-11(12)21-15;16-7-5-10(18)12-11(6-7)21-15(14(20)13(12)19)8-3-1-2-4-9(8)17/h1-6,18,21,23-30H,7H2;2-3,6-9,12H,1,4-5,10-11,13H2;2-7,17-19H,1H3;1-5,16-19,21H;2*1-6,16-18,20H/b;6-2+,7-3+;;;;/t18-,21?;;;;;/m1...../s1. The minimum atomic E-state index is -1.18. The van der Waals surface area contributed by atoms with Crippen molar-refractivity contribution >= 4 is 61.8 Å². The van der Waals surface area contributed by atoms with E-state index in [4.69, 9.17) is 41.4 Å². The molecular weight excluding hydrogens is 1840 g/mol. The van der Waals surface area contributed by atoms with Crippen LogP contribution in [0.25, 0.3) is 95.2 Å². The number of phenolic OH excluding ortho intramolecular Hbond substituents is 21. The molecule has 0 bridgehead atoms. The van der Waals surface area contributed by atoms with Gasteiger partial charge in [-0.2, -0.15) is 0 Å². The maximum absolute atomic E-state index is 12.7. The largest absolute Gasteiger partial charge is 0.508 e. The summed E-state index contributed by atoms with van der Waals surface area (Å²) < 4.78 is 48.5. The molecule has 19 rings (SSSR count). The van der Waals surface area contributed by atoms with E-state index in [1.54, 1.807) is 30.4 Å². The zero-order valence-corrected chi connectivity index (χ0v) is 72.2. The Kier molecular flexibility index (Phi) is 27.8. The summed E-state index contributed by atoms with van der Waals surface area (Å²) in [5, 5.41) is 232. The normalized spacial score (nSPS) is 13.4. The third-order valence-electron chi connectivity index (χ3n) is 21.4. The summed E-state index contributed by atoms with van der Waals surface area (Å²) in [6, 6.07) is 41.6. The van der Waals surface area contributed by atoms with Gasteiger partial charge in [-0.25, -0.2) is 4.79 Å². The average Bonchev–Trinajstić information content (AvgIpc) is 1.20. The fourth-order valence-electron chi connectivity index (χ4n) is 14.7. The third kappa shape index (κ3) is 20.9. The Balaban J connectivity index is 0.000000135. The number of hydrogen-bond acceptors (Lipinski definition) is 39. The van der Waals surface area contributed by atoms with Crippen LogP contribution in [0.4, 0.5) is 0 Å². The number of carbonyl (C=O) groups excluding carboxylic acids is 2. The van der Waals surface area contributed by atoms with E-state index in [1.165, 1.54) is 92.4 Å². The maximum atomic E-state index is 12.7. The molecule has 3 aliphatic rings. The Morgan fingerprint density at radius 2 is 0.864 bits per heavy atom. The van der Waals surface area contributed by atoms with Crippen molar-refractivity contribution in [1.82, 2.24) is 4.90 Å². The molecule has 0 spiro atoms. The molecule has 0 aliphatic carbocycles. The molecule has 40 nitrogen and oxygen atoms in total. The van der Waals surface area contributed by atoms with E-state index >= 15 is 0 Å². The Morgan fingerprint density at radius 3 is 1.41 bits per heavy atom. The van der Waals surface area contributed by atoms with Crippen molar-refractivity contribution in [2.45, 2.75) is 37.9 Å². The minimum Gasteiger partial charge on any atom is -0.508 e. The van der Waals surface area contributed by atoms with Gasteiger partial charge in [0.2, 0.25) is 46.2 Å². The monoisotopic (exact) mass is 1920 g/mol. The Morgan fingerprint density at radius 1 is 0.379 bits per heavy atom. The van der Waals surface area contributed by atoms with Crippen LogP contribution in [-0.4, -0.2) is 172 Å². The molecule has 2 atom stereocenters. The van der Waals surface area contributed by atoms with E-state index in [2.05, 4.69) is 0 Å². The lowest BCUT2D eigenvalue weighted by Gasteiger charge is -2.34. The SMILES string of the molecule is COc1ccc(-c2cc(=O)c3c(O)cc(O)cc3o2)cc1O.O=C(/C=C/C=C/c1ccc2c(c1)OCO2)N1CCCCC1.O=C(O[C@@H]1Cc2c(O)cc(O)cc2OC1c1cc(O)c(O)c(O)c1)c1cc(O)c(O)c(O)c1.O=c1c(O)c(-c2ccc(O)c(O)c2)oc2cc(O)cc(O)c12.O=c1c(O)c(-c2ccc(O)cc2)oc2cc(O)cc(O)c12.O=c1c(O)c(-c2ccccc2O)oc2cc(O)cc(O)c12. The Hall–Kier alpha value is -19.7. The van der Waals surface area contributed by atoms with Crippen molar-refractivity contribution in [3.63, 3.8) is 0 Å². The number of benzene rings is 12. The highest BCUT2D eigenvalue weighted by Gasteiger charge is 2.38. The molecule has 0 radical (unpaired) electrons. The number of hydrogen-bond donors (Lipinski definition) is 24. The summed E-state index contributed by atoms with van der Waals surface area (Å²) in [5.74, 6) is -10.8. The summed E-state index contributed by atoms with van der Waals surface area (Å²) in [5.41, 5.74) is -1.16. The number of allylic oxidation sites excluding steroid dienone is 2. The lowest BCUT2D eigenvalue weighted by molar-refractivity contribution is -0.126. The van der Waals surface area contributed by atoms with E-state index in [1.807, 2.05) is 35.3 Å². The topological polar surface area (TPSA) is 690 Å². The first-order chi connectivity index (χ1) is 66.7. The molecule has 40 heteroatoms. The van der Waals surface area contributed by atoms with Crippen molar-refractivity contribution < 1.29 is 173 Å². The quantitative estimate of drug-likeness (QED) is 0.0247. The Labute approximate surface area is 783 Å². The van der Waals surface area contributed by atoms with Gasteiger partial charge in [-0.15, -0.1) is 0 Å². The maximum Gasteiger partial charge on any atom is 0.338 e. The van der Waals surface area contributed by atoms with Gasteiger partial charge in [0.1, 0.15) is 130 Å². The number of amides is 1. The van der Waals surface area contributed by atoms with Gasteiger partial charge in [0.15, 0.2) is 97.8 Å². The molecule has 718 valence electrons. The molecular formula is C100H79NO39. The number of carbonyl (C=O) groups is 2. The van der Waals surface area contributed by atoms with E-state index in [-0.39, 0.29) is 183 Å². The number of fused-ring (bicyclic) bond motifs is 6. The van der Waals surface area contributed by atoms with Crippen LogP contribution in [0.15, 0.2) is 249 Å². The summed E-state index contributed by atoms with van der Waals surface area (Å²) in [6.45, 7) is 2.05. The first-order valence-corrected chi connectivity index (χ1v) is 41.3. The zero-order chi connectivity index (χ0) is 101. The Bertz CT molecular complexity index is 7840. The van der Waals surface area contributed by atoms with Crippen molar-refractivity contribution in [3.05, 3.63) is 275 Å². The molecule has 12 aromatic carbocycles. The highest BCUT2D eigenvalue weighted by atomic mass is 16.7. The lowest BCUT2D eigenvalue weighted by Crippen LogP contribution is -2.34. The van der Waals surface area contributed by atoms with Crippen molar-refractivity contribution in [1.29, 1.82) is 0 Å². The van der Waals surface area contributed by atoms with E-state index in [0.29, 0.717) is 16.9 Å². The van der Waals surface area contributed by atoms with Crippen LogP contribution in [-0.2, 0) is 16.0 Å². The molecule has 7 heterocycles. The predicted octanol–water partition coefficient (Wildman–Crippen LogP) is 14.4. The van der Waals surface area contributed by atoms with Crippen LogP contribution in [0.3, 0.4) is 0 Å². The lowest BCUT2D eigenvalue weighted by atomic mass is 9.93.